The molecule has 4 heteroatoms. The molecule has 0 radical (unpaired) electrons. The first kappa shape index (κ1) is 16.7. The fourth-order valence-electron chi connectivity index (χ4n) is 2.14. The number of anilines is 2. The molecule has 0 bridgehead atoms. The Hall–Kier alpha value is -2.62. The van der Waals surface area contributed by atoms with Gasteiger partial charge in [-0.2, -0.15) is 0 Å². The van der Waals surface area contributed by atoms with E-state index >= 15 is 0 Å². The predicted molar refractivity (Wildman–Crippen MR) is 93.5 cm³/mol. The Morgan fingerprint density at radius 2 is 1.26 bits per heavy atom. The summed E-state index contributed by atoms with van der Waals surface area (Å²) in [6.45, 7) is 5.23. The summed E-state index contributed by atoms with van der Waals surface area (Å²) in [6.07, 6.45) is 0.804. The van der Waals surface area contributed by atoms with Crippen molar-refractivity contribution in [2.75, 3.05) is 10.6 Å². The maximum atomic E-state index is 11.7. The highest BCUT2D eigenvalue weighted by atomic mass is 16.2. The molecule has 2 aromatic rings. The van der Waals surface area contributed by atoms with Crippen LogP contribution in [0, 0.1) is 5.92 Å². The van der Waals surface area contributed by atoms with Gasteiger partial charge in [0.2, 0.25) is 11.8 Å². The second kappa shape index (κ2) is 7.58. The van der Waals surface area contributed by atoms with Gasteiger partial charge in [0.05, 0.1) is 0 Å². The lowest BCUT2D eigenvalue weighted by Gasteiger charge is -2.09. The minimum atomic E-state index is -0.0724. The van der Waals surface area contributed by atoms with Crippen molar-refractivity contribution >= 4 is 23.2 Å². The molecule has 23 heavy (non-hydrogen) atoms. The van der Waals surface area contributed by atoms with Crippen LogP contribution in [0.15, 0.2) is 48.5 Å². The number of hydrogen-bond donors (Lipinski definition) is 2. The fourth-order valence-corrected chi connectivity index (χ4v) is 2.14. The predicted octanol–water partition coefficient (Wildman–Crippen LogP) is 3.83. The smallest absolute Gasteiger partial charge is 0.226 e. The highest BCUT2D eigenvalue weighted by Gasteiger charge is 2.06. The van der Waals surface area contributed by atoms with Crippen LogP contribution in [0.4, 0.5) is 11.4 Å². The molecule has 0 saturated carbocycles. The van der Waals surface area contributed by atoms with Crippen molar-refractivity contribution in [2.24, 2.45) is 5.92 Å². The zero-order valence-corrected chi connectivity index (χ0v) is 13.7. The largest absolute Gasteiger partial charge is 0.326 e. The van der Waals surface area contributed by atoms with Crippen LogP contribution in [-0.4, -0.2) is 11.8 Å². The van der Waals surface area contributed by atoms with E-state index in [0.717, 1.165) is 23.4 Å². The molecule has 2 amide bonds. The minimum Gasteiger partial charge on any atom is -0.326 e. The van der Waals surface area contributed by atoms with Crippen molar-refractivity contribution in [1.29, 1.82) is 0 Å². The van der Waals surface area contributed by atoms with Crippen LogP contribution in [0.1, 0.15) is 31.9 Å². The van der Waals surface area contributed by atoms with Gasteiger partial charge in [0.15, 0.2) is 0 Å². The lowest BCUT2D eigenvalue weighted by atomic mass is 10.0. The first-order valence-corrected chi connectivity index (χ1v) is 7.70. The normalized spacial score (nSPS) is 10.4. The van der Waals surface area contributed by atoms with Crippen molar-refractivity contribution in [2.45, 2.75) is 27.2 Å². The van der Waals surface area contributed by atoms with Crippen LogP contribution >= 0.6 is 0 Å². The van der Waals surface area contributed by atoms with E-state index in [0.29, 0.717) is 0 Å². The minimum absolute atomic E-state index is 0.0197. The average molecular weight is 310 g/mol. The Labute approximate surface area is 136 Å². The third-order valence-corrected chi connectivity index (χ3v) is 3.43. The molecule has 0 aliphatic heterocycles. The molecule has 0 saturated heterocycles. The summed E-state index contributed by atoms with van der Waals surface area (Å²) in [5.41, 5.74) is 3.94. The van der Waals surface area contributed by atoms with Crippen LogP contribution in [0.5, 0.6) is 0 Å². The molecule has 0 heterocycles. The maximum absolute atomic E-state index is 11.7. The van der Waals surface area contributed by atoms with E-state index in [1.807, 2.05) is 62.4 Å². The summed E-state index contributed by atoms with van der Waals surface area (Å²) in [7, 11) is 0. The lowest BCUT2D eigenvalue weighted by molar-refractivity contribution is -0.119. The first-order valence-electron chi connectivity index (χ1n) is 7.70. The third-order valence-electron chi connectivity index (χ3n) is 3.43. The molecule has 4 nitrogen and oxygen atoms in total. The van der Waals surface area contributed by atoms with Gasteiger partial charge in [-0.15, -0.1) is 0 Å². The molecular weight excluding hydrogens is 288 g/mol. The summed E-state index contributed by atoms with van der Waals surface area (Å²) in [5, 5.41) is 5.63. The number of rotatable bonds is 5. The van der Waals surface area contributed by atoms with Gasteiger partial charge in [-0.1, -0.05) is 38.1 Å². The van der Waals surface area contributed by atoms with Gasteiger partial charge in [0, 0.05) is 24.2 Å². The van der Waals surface area contributed by atoms with Crippen molar-refractivity contribution < 1.29 is 9.59 Å². The molecule has 0 spiro atoms. The van der Waals surface area contributed by atoms with Crippen molar-refractivity contribution in [1.82, 2.24) is 0 Å². The van der Waals surface area contributed by atoms with E-state index in [1.54, 1.807) is 0 Å². The van der Waals surface area contributed by atoms with E-state index in [9.17, 15) is 9.59 Å². The summed E-state index contributed by atoms with van der Waals surface area (Å²) >= 11 is 0. The lowest BCUT2D eigenvalue weighted by Crippen LogP contribution is -2.17. The number of hydrogen-bond acceptors (Lipinski definition) is 2. The van der Waals surface area contributed by atoms with Crippen molar-refractivity contribution in [3.05, 3.63) is 59.7 Å². The fraction of sp³-hybridized carbons (Fsp3) is 0.263. The summed E-state index contributed by atoms with van der Waals surface area (Å²) < 4.78 is 0. The Balaban J connectivity index is 1.98. The van der Waals surface area contributed by atoms with E-state index in [-0.39, 0.29) is 17.7 Å². The molecule has 2 rings (SSSR count). The molecule has 0 aliphatic rings. The maximum Gasteiger partial charge on any atom is 0.226 e. The molecular formula is C19H22N2O2. The SMILES string of the molecule is CC(=O)Nc1ccc(Cc2ccc(NC(=O)C(C)C)cc2)cc1. The van der Waals surface area contributed by atoms with Gasteiger partial charge in [-0.3, -0.25) is 9.59 Å². The second-order valence-corrected chi connectivity index (χ2v) is 5.90. The molecule has 0 atom stereocenters. The first-order chi connectivity index (χ1) is 10.9. The molecule has 2 N–H and O–H groups in total. The van der Waals surface area contributed by atoms with E-state index < -0.39 is 0 Å². The van der Waals surface area contributed by atoms with Gasteiger partial charge in [-0.25, -0.2) is 0 Å². The molecule has 0 aromatic heterocycles. The van der Waals surface area contributed by atoms with E-state index in [1.165, 1.54) is 12.5 Å². The van der Waals surface area contributed by atoms with Gasteiger partial charge >= 0.3 is 0 Å². The Kier molecular flexibility index (Phi) is 5.52. The second-order valence-electron chi connectivity index (χ2n) is 5.90. The molecule has 0 unspecified atom stereocenters. The Bertz CT molecular complexity index is 674. The highest BCUT2D eigenvalue weighted by molar-refractivity contribution is 5.92. The number of nitrogens with one attached hydrogen (secondary N) is 2. The molecule has 2 aromatic carbocycles. The number of amides is 2. The summed E-state index contributed by atoms with van der Waals surface area (Å²) in [4.78, 5) is 22.7. The van der Waals surface area contributed by atoms with Gasteiger partial charge in [0.25, 0.3) is 0 Å². The summed E-state index contributed by atoms with van der Waals surface area (Å²) in [5.74, 6) is -0.0834. The quantitative estimate of drug-likeness (QED) is 0.881. The van der Waals surface area contributed by atoms with Crippen LogP contribution in [-0.2, 0) is 16.0 Å². The number of benzene rings is 2. The highest BCUT2D eigenvalue weighted by Crippen LogP contribution is 2.16. The van der Waals surface area contributed by atoms with E-state index in [4.69, 9.17) is 0 Å². The monoisotopic (exact) mass is 310 g/mol. The number of carbonyl (C=O) groups excluding carboxylic acids is 2. The van der Waals surface area contributed by atoms with Gasteiger partial charge < -0.3 is 10.6 Å². The summed E-state index contributed by atoms with van der Waals surface area (Å²) in [6, 6.07) is 15.7. The van der Waals surface area contributed by atoms with Gasteiger partial charge in [-0.05, 0) is 41.8 Å². The molecule has 0 aliphatic carbocycles. The Morgan fingerprint density at radius 1 is 0.826 bits per heavy atom. The van der Waals surface area contributed by atoms with E-state index in [2.05, 4.69) is 10.6 Å². The molecule has 120 valence electrons. The van der Waals surface area contributed by atoms with Crippen LogP contribution in [0.25, 0.3) is 0 Å². The van der Waals surface area contributed by atoms with Crippen LogP contribution in [0.2, 0.25) is 0 Å². The third kappa shape index (κ3) is 5.25. The van der Waals surface area contributed by atoms with Crippen molar-refractivity contribution in [3.63, 3.8) is 0 Å². The van der Waals surface area contributed by atoms with Crippen molar-refractivity contribution in [3.8, 4) is 0 Å². The zero-order chi connectivity index (χ0) is 16.8. The zero-order valence-electron chi connectivity index (χ0n) is 13.7. The topological polar surface area (TPSA) is 58.2 Å². The average Bonchev–Trinajstić information content (AvgIpc) is 2.50. The Morgan fingerprint density at radius 3 is 1.65 bits per heavy atom. The van der Waals surface area contributed by atoms with Crippen LogP contribution < -0.4 is 10.6 Å². The van der Waals surface area contributed by atoms with Crippen LogP contribution in [0.3, 0.4) is 0 Å². The molecule has 0 fully saturated rings. The van der Waals surface area contributed by atoms with Gasteiger partial charge in [0.1, 0.15) is 0 Å². The standard InChI is InChI=1S/C19H22N2O2/c1-13(2)19(23)21-18-10-6-16(7-11-18)12-15-4-8-17(9-5-15)20-14(3)22/h4-11,13H,12H2,1-3H3,(H,20,22)(H,21,23). The number of carbonyl (C=O) groups is 2.